The molecule has 0 radical (unpaired) electrons. The van der Waals surface area contributed by atoms with Gasteiger partial charge in [-0.15, -0.1) is 0 Å². The zero-order valence-electron chi connectivity index (χ0n) is 12.5. The van der Waals surface area contributed by atoms with Crippen molar-refractivity contribution in [3.8, 4) is 0 Å². The number of rotatable bonds is 6. The molecule has 3 N–H and O–H groups in total. The zero-order valence-corrected chi connectivity index (χ0v) is 13.4. The van der Waals surface area contributed by atoms with E-state index in [9.17, 15) is 4.79 Å². The van der Waals surface area contributed by atoms with Crippen LogP contribution < -0.4 is 10.6 Å². The number of thiazole rings is 1. The standard InChI is InChI=1S/C14H24N4O2S/c1-2-6-17(9-10-19)13(20)11-12(15)16-14(21-11)18-7-4-3-5-8-18/h19H,2-10,15H2,1H3. The van der Waals surface area contributed by atoms with Crippen molar-refractivity contribution in [1.82, 2.24) is 9.88 Å². The van der Waals surface area contributed by atoms with E-state index < -0.39 is 0 Å². The molecule has 0 unspecified atom stereocenters. The van der Waals surface area contributed by atoms with Crippen molar-refractivity contribution in [3.63, 3.8) is 0 Å². The minimum Gasteiger partial charge on any atom is -0.395 e. The fraction of sp³-hybridized carbons (Fsp3) is 0.714. The fourth-order valence-electron chi connectivity index (χ4n) is 2.54. The molecule has 2 rings (SSSR count). The van der Waals surface area contributed by atoms with E-state index in [1.54, 1.807) is 4.90 Å². The summed E-state index contributed by atoms with van der Waals surface area (Å²) in [5.74, 6) is 0.189. The van der Waals surface area contributed by atoms with Gasteiger partial charge >= 0.3 is 0 Å². The van der Waals surface area contributed by atoms with Gasteiger partial charge in [0.05, 0.1) is 6.61 Å². The first kappa shape index (κ1) is 16.0. The van der Waals surface area contributed by atoms with E-state index in [-0.39, 0.29) is 12.5 Å². The number of aromatic nitrogens is 1. The van der Waals surface area contributed by atoms with E-state index in [0.29, 0.717) is 23.8 Å². The molecule has 7 heteroatoms. The number of nitrogens with two attached hydrogens (primary N) is 1. The van der Waals surface area contributed by atoms with Crippen LogP contribution in [-0.2, 0) is 0 Å². The highest BCUT2D eigenvalue weighted by Crippen LogP contribution is 2.30. The number of nitrogens with zero attached hydrogens (tertiary/aromatic N) is 3. The van der Waals surface area contributed by atoms with Gasteiger partial charge < -0.3 is 20.6 Å². The number of hydrogen-bond acceptors (Lipinski definition) is 6. The Morgan fingerprint density at radius 3 is 2.71 bits per heavy atom. The van der Waals surface area contributed by atoms with Gasteiger partial charge in [0, 0.05) is 26.2 Å². The van der Waals surface area contributed by atoms with Gasteiger partial charge in [-0.05, 0) is 25.7 Å². The largest absolute Gasteiger partial charge is 0.395 e. The molecule has 0 atom stereocenters. The van der Waals surface area contributed by atoms with Crippen LogP contribution >= 0.6 is 11.3 Å². The van der Waals surface area contributed by atoms with Crippen LogP contribution in [0.25, 0.3) is 0 Å². The Labute approximate surface area is 129 Å². The maximum Gasteiger partial charge on any atom is 0.267 e. The molecule has 0 bridgehead atoms. The van der Waals surface area contributed by atoms with Crippen LogP contribution in [0.15, 0.2) is 0 Å². The van der Waals surface area contributed by atoms with Crippen LogP contribution in [-0.4, -0.2) is 53.7 Å². The number of aliphatic hydroxyl groups excluding tert-OH is 1. The Bertz CT molecular complexity index is 466. The molecule has 1 aliphatic rings. The Morgan fingerprint density at radius 1 is 1.38 bits per heavy atom. The van der Waals surface area contributed by atoms with Gasteiger partial charge in [0.1, 0.15) is 10.7 Å². The van der Waals surface area contributed by atoms with E-state index in [4.69, 9.17) is 10.8 Å². The monoisotopic (exact) mass is 312 g/mol. The Balaban J connectivity index is 2.14. The third kappa shape index (κ3) is 3.85. The van der Waals surface area contributed by atoms with E-state index in [1.807, 2.05) is 6.92 Å². The van der Waals surface area contributed by atoms with Gasteiger partial charge in [-0.25, -0.2) is 4.98 Å². The van der Waals surface area contributed by atoms with Crippen molar-refractivity contribution in [3.05, 3.63) is 4.88 Å². The molecular weight excluding hydrogens is 288 g/mol. The lowest BCUT2D eigenvalue weighted by Gasteiger charge is -2.25. The molecule has 1 aromatic rings. The normalized spacial score (nSPS) is 15.2. The SMILES string of the molecule is CCCN(CCO)C(=O)c1sc(N2CCCCC2)nc1N. The lowest BCUT2D eigenvalue weighted by molar-refractivity contribution is 0.0727. The summed E-state index contributed by atoms with van der Waals surface area (Å²) in [6.45, 7) is 4.89. The van der Waals surface area contributed by atoms with Crippen LogP contribution in [0.3, 0.4) is 0 Å². The highest BCUT2D eigenvalue weighted by Gasteiger charge is 2.24. The summed E-state index contributed by atoms with van der Waals surface area (Å²) in [6.07, 6.45) is 4.43. The third-order valence-corrected chi connectivity index (χ3v) is 4.73. The van der Waals surface area contributed by atoms with Crippen LogP contribution in [0.2, 0.25) is 0 Å². The predicted octanol–water partition coefficient (Wildman–Crippen LogP) is 1.56. The van der Waals surface area contributed by atoms with Crippen molar-refractivity contribution in [1.29, 1.82) is 0 Å². The number of aliphatic hydroxyl groups is 1. The average molecular weight is 312 g/mol. The van der Waals surface area contributed by atoms with Crippen molar-refractivity contribution < 1.29 is 9.90 Å². The summed E-state index contributed by atoms with van der Waals surface area (Å²) in [4.78, 5) is 21.2. The number of carbonyl (C=O) groups is 1. The van der Waals surface area contributed by atoms with Crippen molar-refractivity contribution in [2.24, 2.45) is 0 Å². The van der Waals surface area contributed by atoms with Crippen molar-refractivity contribution in [2.75, 3.05) is 43.4 Å². The number of carbonyl (C=O) groups excluding carboxylic acids is 1. The molecule has 1 aliphatic heterocycles. The smallest absolute Gasteiger partial charge is 0.267 e. The summed E-state index contributed by atoms with van der Waals surface area (Å²) in [5, 5.41) is 9.94. The highest BCUT2D eigenvalue weighted by atomic mass is 32.1. The molecule has 2 heterocycles. The van der Waals surface area contributed by atoms with Crippen LogP contribution in [0.5, 0.6) is 0 Å². The van der Waals surface area contributed by atoms with Crippen LogP contribution in [0.1, 0.15) is 42.3 Å². The molecule has 0 aliphatic carbocycles. The van der Waals surface area contributed by atoms with E-state index in [0.717, 1.165) is 37.5 Å². The summed E-state index contributed by atoms with van der Waals surface area (Å²) in [7, 11) is 0. The fourth-order valence-corrected chi connectivity index (χ4v) is 3.55. The maximum absolute atomic E-state index is 12.5. The second-order valence-electron chi connectivity index (χ2n) is 5.27. The second-order valence-corrected chi connectivity index (χ2v) is 6.25. The molecule has 6 nitrogen and oxygen atoms in total. The molecule has 1 saturated heterocycles. The summed E-state index contributed by atoms with van der Waals surface area (Å²) in [5.41, 5.74) is 5.94. The molecule has 1 aromatic heterocycles. The molecule has 1 amide bonds. The van der Waals surface area contributed by atoms with Crippen molar-refractivity contribution in [2.45, 2.75) is 32.6 Å². The number of amides is 1. The first-order valence-corrected chi connectivity index (χ1v) is 8.40. The second kappa shape index (κ2) is 7.61. The van der Waals surface area contributed by atoms with Gasteiger partial charge in [0.25, 0.3) is 5.91 Å². The van der Waals surface area contributed by atoms with Gasteiger partial charge in [0.2, 0.25) is 0 Å². The molecular formula is C14H24N4O2S. The number of anilines is 2. The predicted molar refractivity (Wildman–Crippen MR) is 85.9 cm³/mol. The maximum atomic E-state index is 12.5. The topological polar surface area (TPSA) is 82.7 Å². The Kier molecular flexibility index (Phi) is 5.81. The zero-order chi connectivity index (χ0) is 15.2. The number of piperidine rings is 1. The Hall–Kier alpha value is -1.34. The number of nitrogen functional groups attached to an aromatic ring is 1. The Morgan fingerprint density at radius 2 is 2.10 bits per heavy atom. The number of hydrogen-bond donors (Lipinski definition) is 2. The quantitative estimate of drug-likeness (QED) is 0.833. The minimum atomic E-state index is -0.121. The molecule has 118 valence electrons. The first-order chi connectivity index (χ1) is 10.2. The molecule has 0 saturated carbocycles. The highest BCUT2D eigenvalue weighted by molar-refractivity contribution is 7.18. The van der Waals surface area contributed by atoms with E-state index >= 15 is 0 Å². The summed E-state index contributed by atoms with van der Waals surface area (Å²) >= 11 is 1.37. The van der Waals surface area contributed by atoms with Gasteiger partial charge in [-0.1, -0.05) is 18.3 Å². The molecule has 1 fully saturated rings. The van der Waals surface area contributed by atoms with Crippen molar-refractivity contribution >= 4 is 28.2 Å². The van der Waals surface area contributed by atoms with Crippen LogP contribution in [0, 0.1) is 0 Å². The lowest BCUT2D eigenvalue weighted by atomic mass is 10.1. The van der Waals surface area contributed by atoms with E-state index in [2.05, 4.69) is 9.88 Å². The molecule has 21 heavy (non-hydrogen) atoms. The van der Waals surface area contributed by atoms with Crippen LogP contribution in [0.4, 0.5) is 10.9 Å². The summed E-state index contributed by atoms with van der Waals surface area (Å²) < 4.78 is 0. The van der Waals surface area contributed by atoms with E-state index in [1.165, 1.54) is 17.8 Å². The lowest BCUT2D eigenvalue weighted by Crippen LogP contribution is -2.34. The first-order valence-electron chi connectivity index (χ1n) is 7.58. The average Bonchev–Trinajstić information content (AvgIpc) is 2.89. The van der Waals surface area contributed by atoms with Gasteiger partial charge in [-0.3, -0.25) is 4.79 Å². The molecule has 0 spiro atoms. The van der Waals surface area contributed by atoms with Gasteiger partial charge in [-0.2, -0.15) is 0 Å². The summed E-state index contributed by atoms with van der Waals surface area (Å²) in [6, 6.07) is 0. The van der Waals surface area contributed by atoms with Gasteiger partial charge in [0.15, 0.2) is 5.13 Å². The third-order valence-electron chi connectivity index (χ3n) is 3.61. The minimum absolute atomic E-state index is 0.0383. The molecule has 0 aromatic carbocycles.